The van der Waals surface area contributed by atoms with Crippen LogP contribution in [0.4, 0.5) is 0 Å². The first-order chi connectivity index (χ1) is 8.33. The van der Waals surface area contributed by atoms with E-state index in [4.69, 9.17) is 16.3 Å². The first-order valence-electron chi connectivity index (χ1n) is 5.60. The van der Waals surface area contributed by atoms with Crippen molar-refractivity contribution in [2.75, 3.05) is 25.7 Å². The molecular formula is C12H18ClNO3S. The van der Waals surface area contributed by atoms with Crippen LogP contribution in [0.2, 0.25) is 5.02 Å². The number of sulfone groups is 1. The zero-order valence-corrected chi connectivity index (χ0v) is 12.3. The van der Waals surface area contributed by atoms with Crippen molar-refractivity contribution in [1.82, 2.24) is 5.32 Å². The summed E-state index contributed by atoms with van der Waals surface area (Å²) in [5.74, 6) is 0.491. The van der Waals surface area contributed by atoms with Crippen molar-refractivity contribution in [3.63, 3.8) is 0 Å². The third-order valence-electron chi connectivity index (χ3n) is 2.60. The number of halogens is 1. The lowest BCUT2D eigenvalue weighted by Crippen LogP contribution is -2.13. The van der Waals surface area contributed by atoms with Crippen LogP contribution in [0.3, 0.4) is 0 Å². The van der Waals surface area contributed by atoms with Crippen molar-refractivity contribution in [3.05, 3.63) is 28.8 Å². The highest BCUT2D eigenvalue weighted by Gasteiger charge is 2.08. The number of benzene rings is 1. The molecule has 0 radical (unpaired) electrons. The molecule has 4 nitrogen and oxygen atoms in total. The highest BCUT2D eigenvalue weighted by Crippen LogP contribution is 2.27. The topological polar surface area (TPSA) is 55.4 Å². The van der Waals surface area contributed by atoms with E-state index in [-0.39, 0.29) is 18.4 Å². The maximum atomic E-state index is 11.0. The lowest BCUT2D eigenvalue weighted by Gasteiger charge is -2.13. The molecule has 18 heavy (non-hydrogen) atoms. The minimum atomic E-state index is -3.01. The van der Waals surface area contributed by atoms with Gasteiger partial charge in [0.15, 0.2) is 9.84 Å². The van der Waals surface area contributed by atoms with Gasteiger partial charge in [-0.1, -0.05) is 17.7 Å². The molecule has 1 rings (SSSR count). The van der Waals surface area contributed by atoms with E-state index >= 15 is 0 Å². The van der Waals surface area contributed by atoms with Crippen molar-refractivity contribution in [1.29, 1.82) is 0 Å². The summed E-state index contributed by atoms with van der Waals surface area (Å²) < 4.78 is 27.3. The number of hydrogen-bond donors (Lipinski definition) is 1. The molecule has 1 atom stereocenters. The molecule has 0 aliphatic heterocycles. The maximum Gasteiger partial charge on any atom is 0.150 e. The van der Waals surface area contributed by atoms with E-state index in [0.717, 1.165) is 5.56 Å². The number of rotatable bonds is 6. The van der Waals surface area contributed by atoms with Crippen molar-refractivity contribution in [3.8, 4) is 5.75 Å². The van der Waals surface area contributed by atoms with E-state index < -0.39 is 9.84 Å². The van der Waals surface area contributed by atoms with Crippen LogP contribution < -0.4 is 10.1 Å². The molecule has 102 valence electrons. The van der Waals surface area contributed by atoms with Gasteiger partial charge >= 0.3 is 0 Å². The Balaban J connectivity index is 2.68. The highest BCUT2D eigenvalue weighted by atomic mass is 35.5. The normalized spacial score (nSPS) is 13.3. The van der Waals surface area contributed by atoms with Gasteiger partial charge in [0.1, 0.15) is 12.4 Å². The summed E-state index contributed by atoms with van der Waals surface area (Å²) in [7, 11) is -1.14. The lowest BCUT2D eigenvalue weighted by atomic mass is 10.1. The van der Waals surface area contributed by atoms with Gasteiger partial charge in [0, 0.05) is 12.3 Å². The summed E-state index contributed by atoms with van der Waals surface area (Å²) in [6, 6.07) is 5.68. The Hall–Kier alpha value is -0.780. The van der Waals surface area contributed by atoms with Crippen LogP contribution in [-0.2, 0) is 9.84 Å². The van der Waals surface area contributed by atoms with Crippen LogP contribution in [0.1, 0.15) is 18.5 Å². The van der Waals surface area contributed by atoms with Crippen molar-refractivity contribution in [2.24, 2.45) is 0 Å². The summed E-state index contributed by atoms with van der Waals surface area (Å²) in [5, 5.41) is 3.60. The predicted molar refractivity (Wildman–Crippen MR) is 74.1 cm³/mol. The fourth-order valence-electron chi connectivity index (χ4n) is 1.37. The Bertz CT molecular complexity index is 502. The largest absolute Gasteiger partial charge is 0.491 e. The van der Waals surface area contributed by atoms with E-state index in [1.54, 1.807) is 6.07 Å². The molecule has 1 aromatic rings. The molecular weight excluding hydrogens is 274 g/mol. The summed E-state index contributed by atoms with van der Waals surface area (Å²) in [4.78, 5) is 0. The Morgan fingerprint density at radius 1 is 1.44 bits per heavy atom. The van der Waals surface area contributed by atoms with Gasteiger partial charge in [0.2, 0.25) is 0 Å². The third kappa shape index (κ3) is 4.84. The molecule has 0 spiro atoms. The van der Waals surface area contributed by atoms with Crippen molar-refractivity contribution >= 4 is 21.4 Å². The smallest absolute Gasteiger partial charge is 0.150 e. The Kier molecular flexibility index (Phi) is 5.44. The molecule has 0 aromatic heterocycles. The van der Waals surface area contributed by atoms with E-state index in [0.29, 0.717) is 10.8 Å². The standard InChI is InChI=1S/C12H18ClNO3S/c1-9(14-2)10-4-5-12(11(13)8-10)17-6-7-18(3,15)16/h4-5,8-9,14H,6-7H2,1-3H3. The average Bonchev–Trinajstić information content (AvgIpc) is 2.28. The highest BCUT2D eigenvalue weighted by molar-refractivity contribution is 7.90. The molecule has 1 N–H and O–H groups in total. The zero-order chi connectivity index (χ0) is 13.8. The second-order valence-electron chi connectivity index (χ2n) is 4.18. The lowest BCUT2D eigenvalue weighted by molar-refractivity contribution is 0.341. The van der Waals surface area contributed by atoms with E-state index in [9.17, 15) is 8.42 Å². The van der Waals surface area contributed by atoms with Crippen LogP contribution in [0.5, 0.6) is 5.75 Å². The van der Waals surface area contributed by atoms with Crippen LogP contribution in [0, 0.1) is 0 Å². The quantitative estimate of drug-likeness (QED) is 0.871. The van der Waals surface area contributed by atoms with Gasteiger partial charge < -0.3 is 10.1 Å². The first-order valence-corrected chi connectivity index (χ1v) is 8.04. The molecule has 1 aromatic carbocycles. The van der Waals surface area contributed by atoms with E-state index in [1.165, 1.54) is 6.26 Å². The fraction of sp³-hybridized carbons (Fsp3) is 0.500. The van der Waals surface area contributed by atoms with Crippen LogP contribution in [0.25, 0.3) is 0 Å². The van der Waals surface area contributed by atoms with Crippen LogP contribution in [0.15, 0.2) is 18.2 Å². The summed E-state index contributed by atoms with van der Waals surface area (Å²) in [6.45, 7) is 2.13. The summed E-state index contributed by atoms with van der Waals surface area (Å²) in [6.07, 6.45) is 1.18. The number of nitrogens with one attached hydrogen (secondary N) is 1. The SMILES string of the molecule is CNC(C)c1ccc(OCCS(C)(=O)=O)c(Cl)c1. The molecule has 0 fully saturated rings. The number of ether oxygens (including phenoxy) is 1. The summed E-state index contributed by atoms with van der Waals surface area (Å²) >= 11 is 6.08. The van der Waals surface area contributed by atoms with Gasteiger partial charge in [-0.25, -0.2) is 8.42 Å². The molecule has 0 saturated carbocycles. The fourth-order valence-corrected chi connectivity index (χ4v) is 2.00. The second kappa shape index (κ2) is 6.41. The third-order valence-corrected chi connectivity index (χ3v) is 3.80. The van der Waals surface area contributed by atoms with Gasteiger partial charge in [0.25, 0.3) is 0 Å². The van der Waals surface area contributed by atoms with Gasteiger partial charge in [-0.2, -0.15) is 0 Å². The molecule has 0 aliphatic carbocycles. The van der Waals surface area contributed by atoms with Crippen molar-refractivity contribution < 1.29 is 13.2 Å². The number of hydrogen-bond acceptors (Lipinski definition) is 4. The van der Waals surface area contributed by atoms with E-state index in [2.05, 4.69) is 5.32 Å². The minimum Gasteiger partial charge on any atom is -0.491 e. The monoisotopic (exact) mass is 291 g/mol. The van der Waals surface area contributed by atoms with Gasteiger partial charge in [0.05, 0.1) is 10.8 Å². The van der Waals surface area contributed by atoms with Crippen molar-refractivity contribution in [2.45, 2.75) is 13.0 Å². The molecule has 6 heteroatoms. The average molecular weight is 292 g/mol. The zero-order valence-electron chi connectivity index (χ0n) is 10.7. The Morgan fingerprint density at radius 2 is 2.11 bits per heavy atom. The van der Waals surface area contributed by atoms with Gasteiger partial charge in [-0.3, -0.25) is 0 Å². The Labute approximate surface area is 113 Å². The predicted octanol–water partition coefficient (Wildman–Crippen LogP) is 2.04. The second-order valence-corrected chi connectivity index (χ2v) is 6.85. The van der Waals surface area contributed by atoms with Gasteiger partial charge in [-0.15, -0.1) is 0 Å². The summed E-state index contributed by atoms with van der Waals surface area (Å²) in [5.41, 5.74) is 1.05. The van der Waals surface area contributed by atoms with Crippen LogP contribution in [-0.4, -0.2) is 34.1 Å². The maximum absolute atomic E-state index is 11.0. The molecule has 0 saturated heterocycles. The minimum absolute atomic E-state index is 0.0159. The molecule has 0 amide bonds. The molecule has 0 aliphatic rings. The van der Waals surface area contributed by atoms with Gasteiger partial charge in [-0.05, 0) is 31.7 Å². The van der Waals surface area contributed by atoms with Crippen LogP contribution >= 0.6 is 11.6 Å². The molecule has 0 heterocycles. The Morgan fingerprint density at radius 3 is 2.61 bits per heavy atom. The van der Waals surface area contributed by atoms with E-state index in [1.807, 2.05) is 26.1 Å². The molecule has 0 bridgehead atoms. The first kappa shape index (κ1) is 15.3. The molecule has 1 unspecified atom stereocenters.